The molecule has 14 heavy (non-hydrogen) atoms. The molecule has 0 radical (unpaired) electrons. The fourth-order valence-corrected chi connectivity index (χ4v) is 1.91. The fraction of sp³-hybridized carbons (Fsp3) is 0.750. The predicted molar refractivity (Wildman–Crippen MR) is 59.3 cm³/mol. The van der Waals surface area contributed by atoms with Gasteiger partial charge in [-0.25, -0.2) is 0 Å². The molecule has 1 N–H and O–H groups in total. The van der Waals surface area contributed by atoms with Crippen LogP contribution in [0.5, 0.6) is 0 Å². The Morgan fingerprint density at radius 2 is 2.00 bits per heavy atom. The third-order valence-electron chi connectivity index (χ3n) is 2.71. The van der Waals surface area contributed by atoms with Gasteiger partial charge in [0.1, 0.15) is 0 Å². The monoisotopic (exact) mass is 195 g/mol. The zero-order valence-electron chi connectivity index (χ0n) is 9.31. The van der Waals surface area contributed by atoms with Crippen LogP contribution in [0.15, 0.2) is 11.6 Å². The molecule has 0 spiro atoms. The Hall–Kier alpha value is -0.630. The molecule has 80 valence electrons. The van der Waals surface area contributed by atoms with Crippen molar-refractivity contribution in [2.45, 2.75) is 39.5 Å². The molecule has 1 aliphatic heterocycles. The highest BCUT2D eigenvalue weighted by Gasteiger charge is 2.13. The number of rotatable bonds is 4. The van der Waals surface area contributed by atoms with Gasteiger partial charge in [0.05, 0.1) is 0 Å². The zero-order chi connectivity index (χ0) is 10.4. The second-order valence-corrected chi connectivity index (χ2v) is 4.42. The number of carbonyl (C=O) groups is 1. The van der Waals surface area contributed by atoms with Gasteiger partial charge in [-0.1, -0.05) is 5.57 Å². The largest absolute Gasteiger partial charge is 0.317 e. The number of hydrogen-bond donors (Lipinski definition) is 1. The molecule has 0 bridgehead atoms. The van der Waals surface area contributed by atoms with Crippen molar-refractivity contribution < 1.29 is 4.79 Å². The summed E-state index contributed by atoms with van der Waals surface area (Å²) in [5, 5.41) is 3.34. The van der Waals surface area contributed by atoms with Crippen molar-refractivity contribution in [1.29, 1.82) is 0 Å². The minimum absolute atomic E-state index is 0.295. The molecule has 2 heteroatoms. The number of piperidine rings is 1. The maximum absolute atomic E-state index is 11.4. The van der Waals surface area contributed by atoms with Crippen LogP contribution in [-0.2, 0) is 4.79 Å². The zero-order valence-corrected chi connectivity index (χ0v) is 9.31. The summed E-state index contributed by atoms with van der Waals surface area (Å²) in [6.07, 6.45) is 6.05. The van der Waals surface area contributed by atoms with E-state index in [1.807, 2.05) is 13.8 Å². The Morgan fingerprint density at radius 3 is 2.57 bits per heavy atom. The summed E-state index contributed by atoms with van der Waals surface area (Å²) < 4.78 is 0. The standard InChI is InChI=1S/C12H21NO/c1-10(2)9-12(14)4-3-11-5-7-13-8-6-11/h9,11,13H,3-8H2,1-2H3. The first-order valence-corrected chi connectivity index (χ1v) is 5.57. The van der Waals surface area contributed by atoms with E-state index in [9.17, 15) is 4.79 Å². The first-order valence-electron chi connectivity index (χ1n) is 5.57. The van der Waals surface area contributed by atoms with Crippen molar-refractivity contribution in [3.8, 4) is 0 Å². The molecule has 2 nitrogen and oxygen atoms in total. The summed E-state index contributed by atoms with van der Waals surface area (Å²) in [6.45, 7) is 6.20. The maximum Gasteiger partial charge on any atom is 0.155 e. The highest BCUT2D eigenvalue weighted by atomic mass is 16.1. The summed E-state index contributed by atoms with van der Waals surface area (Å²) in [6, 6.07) is 0. The Labute approximate surface area is 86.8 Å². The summed E-state index contributed by atoms with van der Waals surface area (Å²) in [5.41, 5.74) is 1.11. The van der Waals surface area contributed by atoms with Gasteiger partial charge in [0, 0.05) is 6.42 Å². The Balaban J connectivity index is 2.19. The lowest BCUT2D eigenvalue weighted by Crippen LogP contribution is -2.27. The number of carbonyl (C=O) groups excluding carboxylic acids is 1. The molecule has 0 aromatic carbocycles. The van der Waals surface area contributed by atoms with Gasteiger partial charge < -0.3 is 5.32 Å². The summed E-state index contributed by atoms with van der Waals surface area (Å²) >= 11 is 0. The highest BCUT2D eigenvalue weighted by molar-refractivity contribution is 5.90. The van der Waals surface area contributed by atoms with E-state index in [1.54, 1.807) is 6.08 Å². The van der Waals surface area contributed by atoms with E-state index in [1.165, 1.54) is 12.8 Å². The van der Waals surface area contributed by atoms with Gasteiger partial charge in [0.15, 0.2) is 5.78 Å². The lowest BCUT2D eigenvalue weighted by molar-refractivity contribution is -0.115. The van der Waals surface area contributed by atoms with E-state index in [2.05, 4.69) is 5.32 Å². The van der Waals surface area contributed by atoms with Crippen LogP contribution in [-0.4, -0.2) is 18.9 Å². The van der Waals surface area contributed by atoms with E-state index in [0.717, 1.165) is 37.4 Å². The summed E-state index contributed by atoms with van der Waals surface area (Å²) in [4.78, 5) is 11.4. The molecule has 1 rings (SSSR count). The minimum Gasteiger partial charge on any atom is -0.317 e. The summed E-state index contributed by atoms with van der Waals surface area (Å²) in [5.74, 6) is 1.06. The van der Waals surface area contributed by atoms with Gasteiger partial charge in [-0.05, 0) is 58.2 Å². The molecule has 0 aliphatic carbocycles. The average molecular weight is 195 g/mol. The van der Waals surface area contributed by atoms with Gasteiger partial charge in [-0.3, -0.25) is 4.79 Å². The van der Waals surface area contributed by atoms with Crippen LogP contribution in [0, 0.1) is 5.92 Å². The van der Waals surface area contributed by atoms with Crippen molar-refractivity contribution in [2.24, 2.45) is 5.92 Å². The van der Waals surface area contributed by atoms with Crippen molar-refractivity contribution in [1.82, 2.24) is 5.32 Å². The fourth-order valence-electron chi connectivity index (χ4n) is 1.91. The predicted octanol–water partition coefficient (Wildman–Crippen LogP) is 2.30. The smallest absolute Gasteiger partial charge is 0.155 e. The van der Waals surface area contributed by atoms with Gasteiger partial charge in [-0.15, -0.1) is 0 Å². The van der Waals surface area contributed by atoms with Crippen LogP contribution >= 0.6 is 0 Å². The molecule has 1 fully saturated rings. The quantitative estimate of drug-likeness (QED) is 0.697. The van der Waals surface area contributed by atoms with Crippen LogP contribution in [0.4, 0.5) is 0 Å². The first-order chi connectivity index (χ1) is 6.68. The molecule has 0 aromatic rings. The second kappa shape index (κ2) is 5.97. The molecule has 0 amide bonds. The molecule has 1 saturated heterocycles. The van der Waals surface area contributed by atoms with Crippen LogP contribution < -0.4 is 5.32 Å². The summed E-state index contributed by atoms with van der Waals surface area (Å²) in [7, 11) is 0. The van der Waals surface area contributed by atoms with E-state index in [-0.39, 0.29) is 0 Å². The lowest BCUT2D eigenvalue weighted by atomic mass is 9.92. The molecule has 0 saturated carbocycles. The molecule has 1 heterocycles. The first kappa shape index (κ1) is 11.4. The second-order valence-electron chi connectivity index (χ2n) is 4.42. The molecular formula is C12H21NO. The minimum atomic E-state index is 0.295. The molecule has 0 unspecified atom stereocenters. The van der Waals surface area contributed by atoms with Crippen LogP contribution in [0.25, 0.3) is 0 Å². The average Bonchev–Trinajstić information content (AvgIpc) is 2.15. The van der Waals surface area contributed by atoms with E-state index >= 15 is 0 Å². The Kier molecular flexibility index (Phi) is 4.88. The van der Waals surface area contributed by atoms with Crippen LogP contribution in [0.1, 0.15) is 39.5 Å². The van der Waals surface area contributed by atoms with E-state index in [0.29, 0.717) is 5.78 Å². The Bertz CT molecular complexity index is 210. The van der Waals surface area contributed by atoms with Gasteiger partial charge in [-0.2, -0.15) is 0 Å². The van der Waals surface area contributed by atoms with E-state index in [4.69, 9.17) is 0 Å². The van der Waals surface area contributed by atoms with Gasteiger partial charge in [0.2, 0.25) is 0 Å². The third-order valence-corrected chi connectivity index (χ3v) is 2.71. The van der Waals surface area contributed by atoms with Crippen LogP contribution in [0.3, 0.4) is 0 Å². The van der Waals surface area contributed by atoms with Crippen LogP contribution in [0.2, 0.25) is 0 Å². The molecule has 1 aliphatic rings. The Morgan fingerprint density at radius 1 is 1.36 bits per heavy atom. The highest BCUT2D eigenvalue weighted by Crippen LogP contribution is 2.17. The number of allylic oxidation sites excluding steroid dienone is 2. The number of hydrogen-bond acceptors (Lipinski definition) is 2. The van der Waals surface area contributed by atoms with Crippen molar-refractivity contribution in [3.63, 3.8) is 0 Å². The normalized spacial score (nSPS) is 17.9. The van der Waals surface area contributed by atoms with Crippen molar-refractivity contribution >= 4 is 5.78 Å². The third kappa shape index (κ3) is 4.56. The lowest BCUT2D eigenvalue weighted by Gasteiger charge is -2.21. The number of nitrogens with one attached hydrogen (secondary N) is 1. The molecule has 0 atom stereocenters. The maximum atomic E-state index is 11.4. The van der Waals surface area contributed by atoms with E-state index < -0.39 is 0 Å². The van der Waals surface area contributed by atoms with Crippen molar-refractivity contribution in [2.75, 3.05) is 13.1 Å². The SMILES string of the molecule is CC(C)=CC(=O)CCC1CCNCC1. The van der Waals surface area contributed by atoms with Gasteiger partial charge >= 0.3 is 0 Å². The molecular weight excluding hydrogens is 174 g/mol. The molecule has 0 aromatic heterocycles. The van der Waals surface area contributed by atoms with Gasteiger partial charge in [0.25, 0.3) is 0 Å². The van der Waals surface area contributed by atoms with Crippen molar-refractivity contribution in [3.05, 3.63) is 11.6 Å². The topological polar surface area (TPSA) is 29.1 Å². The number of ketones is 1.